The summed E-state index contributed by atoms with van der Waals surface area (Å²) in [6.45, 7) is 0.773. The predicted octanol–water partition coefficient (Wildman–Crippen LogP) is 0.636. The van der Waals surface area contributed by atoms with Crippen molar-refractivity contribution in [3.8, 4) is 12.3 Å². The minimum absolute atomic E-state index is 0. The molecule has 2 N–H and O–H groups in total. The standard InChI is InChI=1S/C6H9N.ClH/c1-2-5-3-6(5)4-7;/h1,5-6H,3-4,7H2;1H/t5-,6+;/m1./s1. The van der Waals surface area contributed by atoms with Gasteiger partial charge in [0, 0.05) is 5.92 Å². The largest absolute Gasteiger partial charge is 0.330 e. The Labute approximate surface area is 56.1 Å². The maximum Gasteiger partial charge on any atom is 0.0244 e. The smallest absolute Gasteiger partial charge is 0.0244 e. The molecule has 1 rings (SSSR count). The van der Waals surface area contributed by atoms with E-state index in [1.54, 1.807) is 0 Å². The molecule has 2 heteroatoms. The second-order valence-electron chi connectivity index (χ2n) is 2.00. The first-order valence-corrected chi connectivity index (χ1v) is 2.54. The summed E-state index contributed by atoms with van der Waals surface area (Å²) in [7, 11) is 0. The number of hydrogen-bond donors (Lipinski definition) is 1. The zero-order chi connectivity index (χ0) is 5.28. The molecule has 2 atom stereocenters. The van der Waals surface area contributed by atoms with E-state index in [9.17, 15) is 0 Å². The molecule has 0 bridgehead atoms. The fraction of sp³-hybridized carbons (Fsp3) is 0.667. The number of nitrogens with two attached hydrogens (primary N) is 1. The minimum Gasteiger partial charge on any atom is -0.330 e. The maximum atomic E-state index is 5.30. The van der Waals surface area contributed by atoms with E-state index < -0.39 is 0 Å². The van der Waals surface area contributed by atoms with Gasteiger partial charge in [-0.05, 0) is 18.9 Å². The molecule has 0 aliphatic heterocycles. The Kier molecular flexibility index (Phi) is 2.89. The van der Waals surface area contributed by atoms with Gasteiger partial charge in [-0.1, -0.05) is 0 Å². The maximum absolute atomic E-state index is 5.30. The summed E-state index contributed by atoms with van der Waals surface area (Å²) in [4.78, 5) is 0. The number of halogens is 1. The van der Waals surface area contributed by atoms with Crippen LogP contribution >= 0.6 is 12.4 Å². The van der Waals surface area contributed by atoms with Crippen molar-refractivity contribution in [1.29, 1.82) is 0 Å². The highest BCUT2D eigenvalue weighted by Gasteiger charge is 2.33. The summed E-state index contributed by atoms with van der Waals surface area (Å²) in [5, 5.41) is 0. The normalized spacial score (nSPS) is 32.5. The molecule has 0 radical (unpaired) electrons. The van der Waals surface area contributed by atoms with Crippen molar-refractivity contribution in [2.24, 2.45) is 17.6 Å². The Morgan fingerprint density at radius 3 is 2.50 bits per heavy atom. The monoisotopic (exact) mass is 131 g/mol. The third-order valence-electron chi connectivity index (χ3n) is 1.44. The second kappa shape index (κ2) is 2.96. The van der Waals surface area contributed by atoms with Gasteiger partial charge in [0.1, 0.15) is 0 Å². The summed E-state index contributed by atoms with van der Waals surface area (Å²) >= 11 is 0. The van der Waals surface area contributed by atoms with Crippen LogP contribution < -0.4 is 5.73 Å². The molecule has 0 spiro atoms. The summed E-state index contributed by atoms with van der Waals surface area (Å²) < 4.78 is 0. The van der Waals surface area contributed by atoms with E-state index >= 15 is 0 Å². The summed E-state index contributed by atoms with van der Waals surface area (Å²) in [6, 6.07) is 0. The molecule has 1 aliphatic rings. The van der Waals surface area contributed by atoms with Gasteiger partial charge < -0.3 is 5.73 Å². The number of hydrogen-bond acceptors (Lipinski definition) is 1. The van der Waals surface area contributed by atoms with Crippen molar-refractivity contribution in [3.63, 3.8) is 0 Å². The van der Waals surface area contributed by atoms with Crippen LogP contribution in [-0.2, 0) is 0 Å². The molecule has 0 unspecified atom stereocenters. The van der Waals surface area contributed by atoms with Gasteiger partial charge in [-0.3, -0.25) is 0 Å². The van der Waals surface area contributed by atoms with E-state index in [1.165, 1.54) is 0 Å². The quantitative estimate of drug-likeness (QED) is 0.520. The number of terminal acetylenes is 1. The highest BCUT2D eigenvalue weighted by Crippen LogP contribution is 2.35. The van der Waals surface area contributed by atoms with Gasteiger partial charge in [-0.15, -0.1) is 24.8 Å². The second-order valence-corrected chi connectivity index (χ2v) is 2.00. The van der Waals surface area contributed by atoms with E-state index in [1.807, 2.05) is 0 Å². The summed E-state index contributed by atoms with van der Waals surface area (Å²) in [6.07, 6.45) is 6.25. The topological polar surface area (TPSA) is 26.0 Å². The van der Waals surface area contributed by atoms with Crippen molar-refractivity contribution >= 4 is 12.4 Å². The molecular formula is C6H10ClN. The highest BCUT2D eigenvalue weighted by atomic mass is 35.5. The molecule has 1 nitrogen and oxygen atoms in total. The summed E-state index contributed by atoms with van der Waals surface area (Å²) in [5.41, 5.74) is 5.30. The first-order valence-electron chi connectivity index (χ1n) is 2.54. The van der Waals surface area contributed by atoms with Crippen LogP contribution in [0.25, 0.3) is 0 Å². The van der Waals surface area contributed by atoms with Crippen LogP contribution in [0.15, 0.2) is 0 Å². The van der Waals surface area contributed by atoms with Gasteiger partial charge in [0.05, 0.1) is 0 Å². The van der Waals surface area contributed by atoms with Gasteiger partial charge in [-0.2, -0.15) is 0 Å². The van der Waals surface area contributed by atoms with Crippen molar-refractivity contribution in [1.82, 2.24) is 0 Å². The Morgan fingerprint density at radius 2 is 2.38 bits per heavy atom. The van der Waals surface area contributed by atoms with Gasteiger partial charge in [0.2, 0.25) is 0 Å². The Bertz CT molecular complexity index is 106. The summed E-state index contributed by atoms with van der Waals surface area (Å²) in [5.74, 6) is 3.84. The van der Waals surface area contributed by atoms with Crippen LogP contribution in [0.1, 0.15) is 6.42 Å². The Morgan fingerprint density at radius 1 is 1.75 bits per heavy atom. The average molecular weight is 132 g/mol. The molecule has 0 heterocycles. The third-order valence-corrected chi connectivity index (χ3v) is 1.44. The molecule has 1 aliphatic carbocycles. The van der Waals surface area contributed by atoms with Gasteiger partial charge >= 0.3 is 0 Å². The molecule has 0 saturated heterocycles. The molecule has 0 aromatic heterocycles. The Hall–Kier alpha value is -0.190. The molecule has 8 heavy (non-hydrogen) atoms. The van der Waals surface area contributed by atoms with E-state index in [-0.39, 0.29) is 12.4 Å². The van der Waals surface area contributed by atoms with Crippen LogP contribution in [0.5, 0.6) is 0 Å². The first kappa shape index (κ1) is 7.81. The third kappa shape index (κ3) is 1.40. The van der Waals surface area contributed by atoms with Crippen molar-refractivity contribution in [3.05, 3.63) is 0 Å². The molecule has 1 saturated carbocycles. The van der Waals surface area contributed by atoms with E-state index in [0.29, 0.717) is 11.8 Å². The van der Waals surface area contributed by atoms with Crippen LogP contribution in [-0.4, -0.2) is 6.54 Å². The first-order chi connectivity index (χ1) is 3.38. The molecular weight excluding hydrogens is 122 g/mol. The Balaban J connectivity index is 0.000000490. The lowest BCUT2D eigenvalue weighted by molar-refractivity contribution is 0.808. The lowest BCUT2D eigenvalue weighted by Crippen LogP contribution is -2.01. The van der Waals surface area contributed by atoms with Crippen LogP contribution in [0, 0.1) is 24.2 Å². The zero-order valence-corrected chi connectivity index (χ0v) is 5.45. The fourth-order valence-corrected chi connectivity index (χ4v) is 0.712. The molecule has 46 valence electrons. The molecule has 0 amide bonds. The van der Waals surface area contributed by atoms with Crippen LogP contribution in [0.3, 0.4) is 0 Å². The van der Waals surface area contributed by atoms with E-state index in [4.69, 9.17) is 12.2 Å². The van der Waals surface area contributed by atoms with Crippen LogP contribution in [0.4, 0.5) is 0 Å². The van der Waals surface area contributed by atoms with E-state index in [2.05, 4.69) is 5.92 Å². The number of rotatable bonds is 1. The predicted molar refractivity (Wildman–Crippen MR) is 36.7 cm³/mol. The van der Waals surface area contributed by atoms with Gasteiger partial charge in [0.25, 0.3) is 0 Å². The van der Waals surface area contributed by atoms with Gasteiger partial charge in [-0.25, -0.2) is 0 Å². The average Bonchev–Trinajstić information content (AvgIpc) is 2.43. The van der Waals surface area contributed by atoms with Crippen molar-refractivity contribution in [2.45, 2.75) is 6.42 Å². The molecule has 0 aromatic carbocycles. The van der Waals surface area contributed by atoms with Crippen molar-refractivity contribution in [2.75, 3.05) is 6.54 Å². The van der Waals surface area contributed by atoms with Gasteiger partial charge in [0.15, 0.2) is 0 Å². The molecule has 1 fully saturated rings. The SMILES string of the molecule is C#C[C@@H]1C[C@H]1CN.Cl. The molecule has 0 aromatic rings. The zero-order valence-electron chi connectivity index (χ0n) is 4.63. The van der Waals surface area contributed by atoms with E-state index in [0.717, 1.165) is 13.0 Å². The lowest BCUT2D eigenvalue weighted by Gasteiger charge is -1.80. The fourth-order valence-electron chi connectivity index (χ4n) is 0.712. The van der Waals surface area contributed by atoms with Crippen molar-refractivity contribution < 1.29 is 0 Å². The highest BCUT2D eigenvalue weighted by molar-refractivity contribution is 5.85. The lowest BCUT2D eigenvalue weighted by atomic mass is 10.3. The van der Waals surface area contributed by atoms with Crippen LogP contribution in [0.2, 0.25) is 0 Å². The minimum atomic E-state index is 0.